The minimum absolute atomic E-state index is 0.118. The molecule has 2 aromatic heterocycles. The number of H-pyrrole nitrogens is 1. The van der Waals surface area contributed by atoms with E-state index in [1.54, 1.807) is 12.4 Å². The first-order valence-electron chi connectivity index (χ1n) is 10.0. The van der Waals surface area contributed by atoms with Gasteiger partial charge in [-0.2, -0.15) is 0 Å². The van der Waals surface area contributed by atoms with E-state index < -0.39 is 0 Å². The summed E-state index contributed by atoms with van der Waals surface area (Å²) in [5.41, 5.74) is 4.55. The molecule has 0 atom stereocenters. The number of piperidine rings is 1. The van der Waals surface area contributed by atoms with E-state index in [9.17, 15) is 4.79 Å². The Hall–Kier alpha value is -2.73. The molecule has 0 unspecified atom stereocenters. The Kier molecular flexibility index (Phi) is 5.67. The lowest BCUT2D eigenvalue weighted by Gasteiger charge is -2.30. The Bertz CT molecular complexity index is 929. The van der Waals surface area contributed by atoms with Crippen LogP contribution >= 0.6 is 0 Å². The largest absolute Gasteiger partial charge is 0.356 e. The van der Waals surface area contributed by atoms with Gasteiger partial charge in [-0.25, -0.2) is 4.98 Å². The Morgan fingerprint density at radius 3 is 2.79 bits per heavy atom. The molecule has 1 aliphatic heterocycles. The third-order valence-corrected chi connectivity index (χ3v) is 5.48. The summed E-state index contributed by atoms with van der Waals surface area (Å²) >= 11 is 0. The number of hydrogen-bond acceptors (Lipinski definition) is 4. The summed E-state index contributed by atoms with van der Waals surface area (Å²) in [4.78, 5) is 27.0. The molecule has 1 aliphatic rings. The lowest BCUT2D eigenvalue weighted by Crippen LogP contribution is -2.40. The molecule has 2 N–H and O–H groups in total. The number of likely N-dealkylation sites (tertiary alicyclic amines) is 1. The Morgan fingerprint density at radius 2 is 2.00 bits per heavy atom. The molecular weight excluding hydrogens is 350 g/mol. The average molecular weight is 377 g/mol. The van der Waals surface area contributed by atoms with Crippen LogP contribution in [0.2, 0.25) is 0 Å². The number of carbonyl (C=O) groups is 1. The quantitative estimate of drug-likeness (QED) is 0.693. The van der Waals surface area contributed by atoms with Crippen LogP contribution in [0.5, 0.6) is 0 Å². The number of aromatic nitrogens is 3. The smallest absolute Gasteiger partial charge is 0.223 e. The maximum Gasteiger partial charge on any atom is 0.223 e. The molecule has 6 nitrogen and oxygen atoms in total. The molecular formula is C22H27N5O. The lowest BCUT2D eigenvalue weighted by atomic mass is 9.96. The van der Waals surface area contributed by atoms with Crippen LogP contribution in [-0.2, 0) is 17.8 Å². The highest BCUT2D eigenvalue weighted by molar-refractivity contribution is 5.78. The molecule has 0 saturated carbocycles. The maximum atomic E-state index is 12.4. The van der Waals surface area contributed by atoms with Gasteiger partial charge in [-0.1, -0.05) is 6.07 Å². The van der Waals surface area contributed by atoms with Crippen LogP contribution in [0.4, 0.5) is 0 Å². The monoisotopic (exact) mass is 377 g/mol. The van der Waals surface area contributed by atoms with E-state index in [-0.39, 0.29) is 11.8 Å². The van der Waals surface area contributed by atoms with Gasteiger partial charge in [0.2, 0.25) is 5.91 Å². The fourth-order valence-electron chi connectivity index (χ4n) is 3.84. The Morgan fingerprint density at radius 1 is 1.21 bits per heavy atom. The topological polar surface area (TPSA) is 73.9 Å². The fourth-order valence-corrected chi connectivity index (χ4v) is 3.84. The molecule has 1 fully saturated rings. The SMILES string of the molecule is Cc1ccc2nc(CN3CCC(C(=O)NCCc4ccncc4)CC3)[nH]c2c1. The van der Waals surface area contributed by atoms with Crippen molar-refractivity contribution in [3.8, 4) is 0 Å². The predicted octanol–water partition coefficient (Wildman–Crippen LogP) is 2.84. The van der Waals surface area contributed by atoms with E-state index in [1.165, 1.54) is 11.1 Å². The zero-order chi connectivity index (χ0) is 19.3. The van der Waals surface area contributed by atoms with Crippen LogP contribution in [0.1, 0.15) is 29.8 Å². The van der Waals surface area contributed by atoms with E-state index in [0.29, 0.717) is 6.54 Å². The van der Waals surface area contributed by atoms with Gasteiger partial charge in [0, 0.05) is 24.9 Å². The zero-order valence-corrected chi connectivity index (χ0v) is 16.3. The van der Waals surface area contributed by atoms with Gasteiger partial charge >= 0.3 is 0 Å². The van der Waals surface area contributed by atoms with Crippen molar-refractivity contribution in [2.45, 2.75) is 32.7 Å². The molecule has 28 heavy (non-hydrogen) atoms. The molecule has 0 aliphatic carbocycles. The molecule has 0 radical (unpaired) electrons. The van der Waals surface area contributed by atoms with E-state index in [4.69, 9.17) is 4.98 Å². The second-order valence-electron chi connectivity index (χ2n) is 7.65. The molecule has 146 valence electrons. The zero-order valence-electron chi connectivity index (χ0n) is 16.3. The lowest BCUT2D eigenvalue weighted by molar-refractivity contribution is -0.126. The average Bonchev–Trinajstić information content (AvgIpc) is 3.10. The highest BCUT2D eigenvalue weighted by Crippen LogP contribution is 2.20. The van der Waals surface area contributed by atoms with Gasteiger partial charge in [0.25, 0.3) is 0 Å². The third-order valence-electron chi connectivity index (χ3n) is 5.48. The summed E-state index contributed by atoms with van der Waals surface area (Å²) in [5.74, 6) is 1.31. The number of nitrogens with one attached hydrogen (secondary N) is 2. The summed E-state index contributed by atoms with van der Waals surface area (Å²) in [5, 5.41) is 3.09. The highest BCUT2D eigenvalue weighted by Gasteiger charge is 2.25. The van der Waals surface area contributed by atoms with Crippen molar-refractivity contribution in [3.63, 3.8) is 0 Å². The molecule has 3 heterocycles. The van der Waals surface area contributed by atoms with Gasteiger partial charge in [-0.15, -0.1) is 0 Å². The summed E-state index contributed by atoms with van der Waals surface area (Å²) in [7, 11) is 0. The minimum Gasteiger partial charge on any atom is -0.356 e. The molecule has 4 rings (SSSR count). The van der Waals surface area contributed by atoms with E-state index in [0.717, 1.165) is 55.8 Å². The number of nitrogens with zero attached hydrogens (tertiary/aromatic N) is 3. The van der Waals surface area contributed by atoms with Crippen molar-refractivity contribution < 1.29 is 4.79 Å². The van der Waals surface area contributed by atoms with Crippen LogP contribution in [-0.4, -0.2) is 45.4 Å². The van der Waals surface area contributed by atoms with Crippen molar-refractivity contribution in [3.05, 3.63) is 59.7 Å². The number of aromatic amines is 1. The predicted molar refractivity (Wildman–Crippen MR) is 110 cm³/mol. The number of amides is 1. The number of imidazole rings is 1. The van der Waals surface area contributed by atoms with Gasteiger partial charge in [0.05, 0.1) is 17.6 Å². The van der Waals surface area contributed by atoms with E-state index in [1.807, 2.05) is 12.1 Å². The van der Waals surface area contributed by atoms with Crippen LogP contribution in [0, 0.1) is 12.8 Å². The number of benzene rings is 1. The number of rotatable bonds is 6. The molecule has 1 amide bonds. The van der Waals surface area contributed by atoms with Gasteiger partial charge in [0.1, 0.15) is 5.82 Å². The number of pyridine rings is 1. The number of fused-ring (bicyclic) bond motifs is 1. The third kappa shape index (κ3) is 4.57. The van der Waals surface area contributed by atoms with Gasteiger partial charge in [-0.05, 0) is 74.7 Å². The highest BCUT2D eigenvalue weighted by atomic mass is 16.1. The first-order valence-corrected chi connectivity index (χ1v) is 10.0. The van der Waals surface area contributed by atoms with Crippen LogP contribution in [0.25, 0.3) is 11.0 Å². The molecule has 3 aromatic rings. The maximum absolute atomic E-state index is 12.4. The molecule has 6 heteroatoms. The first kappa shape index (κ1) is 18.6. The number of carbonyl (C=O) groups excluding carboxylic acids is 1. The van der Waals surface area contributed by atoms with Crippen LogP contribution < -0.4 is 5.32 Å². The molecule has 0 bridgehead atoms. The van der Waals surface area contributed by atoms with Crippen molar-refractivity contribution in [1.29, 1.82) is 0 Å². The Balaban J connectivity index is 1.23. The standard InChI is InChI=1S/C22H27N5O/c1-16-2-3-19-20(14-16)26-21(25-19)15-27-12-7-18(8-13-27)22(28)24-11-6-17-4-9-23-10-5-17/h2-5,9-10,14,18H,6-8,11-13,15H2,1H3,(H,24,28)(H,25,26). The van der Waals surface area contributed by atoms with Gasteiger partial charge < -0.3 is 10.3 Å². The summed E-state index contributed by atoms with van der Waals surface area (Å²) in [6, 6.07) is 10.3. The van der Waals surface area contributed by atoms with Crippen LogP contribution in [0.3, 0.4) is 0 Å². The number of aryl methyl sites for hydroxylation is 1. The minimum atomic E-state index is 0.118. The second kappa shape index (κ2) is 8.52. The van der Waals surface area contributed by atoms with Crippen molar-refractivity contribution in [2.24, 2.45) is 5.92 Å². The normalized spacial score (nSPS) is 15.8. The van der Waals surface area contributed by atoms with Crippen molar-refractivity contribution in [2.75, 3.05) is 19.6 Å². The molecule has 0 spiro atoms. The van der Waals surface area contributed by atoms with Crippen molar-refractivity contribution >= 4 is 16.9 Å². The molecule has 1 saturated heterocycles. The summed E-state index contributed by atoms with van der Waals surface area (Å²) in [6.07, 6.45) is 6.23. The van der Waals surface area contributed by atoms with E-state index >= 15 is 0 Å². The fraction of sp³-hybridized carbons (Fsp3) is 0.409. The Labute approximate surface area is 165 Å². The second-order valence-corrected chi connectivity index (χ2v) is 7.65. The first-order chi connectivity index (χ1) is 13.7. The summed E-state index contributed by atoms with van der Waals surface area (Å²) < 4.78 is 0. The summed E-state index contributed by atoms with van der Waals surface area (Å²) in [6.45, 7) is 5.44. The van der Waals surface area contributed by atoms with Crippen LogP contribution in [0.15, 0.2) is 42.7 Å². The van der Waals surface area contributed by atoms with Gasteiger partial charge in [0.15, 0.2) is 0 Å². The van der Waals surface area contributed by atoms with Gasteiger partial charge in [-0.3, -0.25) is 14.7 Å². The van der Waals surface area contributed by atoms with Crippen molar-refractivity contribution in [1.82, 2.24) is 25.2 Å². The molecule has 1 aromatic carbocycles. The number of hydrogen-bond donors (Lipinski definition) is 2. The van der Waals surface area contributed by atoms with E-state index in [2.05, 4.69) is 45.3 Å².